The molecule has 0 aromatic rings. The largest absolute Gasteiger partial charge is 0.343 e. The highest BCUT2D eigenvalue weighted by molar-refractivity contribution is 5.75. The van der Waals surface area contributed by atoms with Gasteiger partial charge in [0, 0.05) is 25.6 Å². The lowest BCUT2D eigenvalue weighted by Crippen LogP contribution is -2.48. The summed E-state index contributed by atoms with van der Waals surface area (Å²) in [6.07, 6.45) is 7.18. The molecule has 16 heavy (non-hydrogen) atoms. The van der Waals surface area contributed by atoms with E-state index in [9.17, 15) is 4.79 Å². The number of hydrogen-bond acceptors (Lipinski definition) is 2. The molecule has 2 heterocycles. The summed E-state index contributed by atoms with van der Waals surface area (Å²) in [5, 5.41) is 0. The van der Waals surface area contributed by atoms with Crippen LogP contribution in [0, 0.1) is 0 Å². The maximum atomic E-state index is 11.6. The molecule has 2 aliphatic rings. The first-order valence-corrected chi connectivity index (χ1v) is 6.83. The molecule has 0 spiro atoms. The average Bonchev–Trinajstić information content (AvgIpc) is 2.39. The van der Waals surface area contributed by atoms with Gasteiger partial charge in [0.2, 0.25) is 5.91 Å². The number of carbonyl (C=O) groups is 1. The summed E-state index contributed by atoms with van der Waals surface area (Å²) in [5.41, 5.74) is 0. The van der Waals surface area contributed by atoms with Crippen LogP contribution in [0.1, 0.15) is 45.4 Å². The Bertz CT molecular complexity index is 228. The molecule has 0 N–H and O–H groups in total. The molecule has 2 fully saturated rings. The van der Waals surface area contributed by atoms with E-state index in [0.717, 1.165) is 19.1 Å². The number of piperidine rings is 2. The zero-order valence-corrected chi connectivity index (χ0v) is 10.5. The number of amides is 1. The van der Waals surface area contributed by atoms with Gasteiger partial charge in [-0.1, -0.05) is 13.3 Å². The number of likely N-dealkylation sites (tertiary alicyclic amines) is 2. The third kappa shape index (κ3) is 2.76. The van der Waals surface area contributed by atoms with Crippen LogP contribution in [0.3, 0.4) is 0 Å². The van der Waals surface area contributed by atoms with Gasteiger partial charge in [-0.05, 0) is 38.8 Å². The Morgan fingerprint density at radius 1 is 1.06 bits per heavy atom. The highest BCUT2D eigenvalue weighted by Crippen LogP contribution is 2.20. The summed E-state index contributed by atoms with van der Waals surface area (Å²) in [6.45, 7) is 6.49. The van der Waals surface area contributed by atoms with Gasteiger partial charge in [-0.3, -0.25) is 4.79 Å². The van der Waals surface area contributed by atoms with Gasteiger partial charge in [0.15, 0.2) is 0 Å². The van der Waals surface area contributed by atoms with Crippen LogP contribution >= 0.6 is 0 Å². The van der Waals surface area contributed by atoms with Gasteiger partial charge in [-0.2, -0.15) is 0 Å². The van der Waals surface area contributed by atoms with Gasteiger partial charge in [-0.15, -0.1) is 0 Å². The van der Waals surface area contributed by atoms with E-state index in [1.54, 1.807) is 0 Å². The van der Waals surface area contributed by atoms with E-state index in [0.29, 0.717) is 12.3 Å². The van der Waals surface area contributed by atoms with Crippen molar-refractivity contribution in [2.45, 2.75) is 51.5 Å². The molecule has 0 bridgehead atoms. The topological polar surface area (TPSA) is 23.6 Å². The van der Waals surface area contributed by atoms with Gasteiger partial charge >= 0.3 is 0 Å². The molecule has 0 aliphatic carbocycles. The number of nitrogens with zero attached hydrogens (tertiary/aromatic N) is 2. The van der Waals surface area contributed by atoms with Crippen LogP contribution < -0.4 is 0 Å². The number of rotatable bonds is 2. The van der Waals surface area contributed by atoms with E-state index in [-0.39, 0.29) is 0 Å². The normalized spacial score (nSPS) is 24.7. The molecule has 2 saturated heterocycles. The maximum absolute atomic E-state index is 11.6. The van der Waals surface area contributed by atoms with Crippen LogP contribution in [0.5, 0.6) is 0 Å². The molecule has 0 saturated carbocycles. The third-order valence-corrected chi connectivity index (χ3v) is 4.03. The van der Waals surface area contributed by atoms with E-state index in [4.69, 9.17) is 0 Å². The SMILES string of the molecule is CCC(=O)N1CCC(N2CCCCC2)CC1. The van der Waals surface area contributed by atoms with Crippen molar-refractivity contribution in [3.63, 3.8) is 0 Å². The van der Waals surface area contributed by atoms with Crippen LogP contribution in [0.4, 0.5) is 0 Å². The zero-order chi connectivity index (χ0) is 11.4. The molecule has 1 amide bonds. The van der Waals surface area contributed by atoms with Crippen LogP contribution in [-0.4, -0.2) is 47.9 Å². The first-order valence-electron chi connectivity index (χ1n) is 6.83. The van der Waals surface area contributed by atoms with E-state index in [1.807, 2.05) is 11.8 Å². The fourth-order valence-electron chi connectivity index (χ4n) is 2.99. The first-order chi connectivity index (χ1) is 7.81. The summed E-state index contributed by atoms with van der Waals surface area (Å²) in [6, 6.07) is 0.751. The van der Waals surface area contributed by atoms with Gasteiger partial charge in [0.25, 0.3) is 0 Å². The Morgan fingerprint density at radius 3 is 2.25 bits per heavy atom. The number of hydrogen-bond donors (Lipinski definition) is 0. The third-order valence-electron chi connectivity index (χ3n) is 4.03. The van der Waals surface area contributed by atoms with Crippen molar-refractivity contribution >= 4 is 5.91 Å². The Balaban J connectivity index is 1.78. The fourth-order valence-corrected chi connectivity index (χ4v) is 2.99. The minimum atomic E-state index is 0.331. The molecule has 0 atom stereocenters. The van der Waals surface area contributed by atoms with Crippen LogP contribution in [0.25, 0.3) is 0 Å². The fraction of sp³-hybridized carbons (Fsp3) is 0.923. The van der Waals surface area contributed by atoms with Gasteiger partial charge < -0.3 is 9.80 Å². The lowest BCUT2D eigenvalue weighted by Gasteiger charge is -2.40. The first kappa shape index (κ1) is 11.9. The standard InChI is InChI=1S/C13H24N2O/c1-2-13(16)15-10-6-12(7-11-15)14-8-4-3-5-9-14/h12H,2-11H2,1H3. The summed E-state index contributed by atoms with van der Waals surface area (Å²) in [7, 11) is 0. The van der Waals surface area contributed by atoms with Gasteiger partial charge in [0.05, 0.1) is 0 Å². The molecule has 0 aromatic heterocycles. The Labute approximate surface area is 98.8 Å². The van der Waals surface area contributed by atoms with Crippen molar-refractivity contribution in [2.24, 2.45) is 0 Å². The minimum absolute atomic E-state index is 0.331. The second-order valence-corrected chi connectivity index (χ2v) is 5.06. The molecular weight excluding hydrogens is 200 g/mol. The Kier molecular flexibility index (Phi) is 4.22. The lowest BCUT2D eigenvalue weighted by molar-refractivity contribution is -0.132. The van der Waals surface area contributed by atoms with Crippen molar-refractivity contribution in [3.8, 4) is 0 Å². The zero-order valence-electron chi connectivity index (χ0n) is 10.5. The molecule has 3 nitrogen and oxygen atoms in total. The highest BCUT2D eigenvalue weighted by Gasteiger charge is 2.26. The predicted molar refractivity (Wildman–Crippen MR) is 65.3 cm³/mol. The molecular formula is C13H24N2O. The van der Waals surface area contributed by atoms with Crippen LogP contribution in [-0.2, 0) is 4.79 Å². The van der Waals surface area contributed by atoms with Crippen molar-refractivity contribution < 1.29 is 4.79 Å². The predicted octanol–water partition coefficient (Wildman–Crippen LogP) is 1.87. The van der Waals surface area contributed by atoms with Crippen molar-refractivity contribution in [1.29, 1.82) is 0 Å². The Morgan fingerprint density at radius 2 is 1.69 bits per heavy atom. The molecule has 2 rings (SSSR count). The molecule has 0 radical (unpaired) electrons. The molecule has 2 aliphatic heterocycles. The lowest BCUT2D eigenvalue weighted by atomic mass is 10.00. The van der Waals surface area contributed by atoms with Gasteiger partial charge in [-0.25, -0.2) is 0 Å². The second kappa shape index (κ2) is 5.67. The maximum Gasteiger partial charge on any atom is 0.222 e. The van der Waals surface area contributed by atoms with Crippen molar-refractivity contribution in [3.05, 3.63) is 0 Å². The van der Waals surface area contributed by atoms with E-state index < -0.39 is 0 Å². The average molecular weight is 224 g/mol. The summed E-state index contributed by atoms with van der Waals surface area (Å²) in [5.74, 6) is 0.331. The smallest absolute Gasteiger partial charge is 0.222 e. The minimum Gasteiger partial charge on any atom is -0.343 e. The Hall–Kier alpha value is -0.570. The molecule has 0 aromatic carbocycles. The summed E-state index contributed by atoms with van der Waals surface area (Å²) >= 11 is 0. The van der Waals surface area contributed by atoms with E-state index in [1.165, 1.54) is 45.2 Å². The van der Waals surface area contributed by atoms with Crippen molar-refractivity contribution in [1.82, 2.24) is 9.80 Å². The second-order valence-electron chi connectivity index (χ2n) is 5.06. The van der Waals surface area contributed by atoms with Crippen LogP contribution in [0.2, 0.25) is 0 Å². The van der Waals surface area contributed by atoms with E-state index >= 15 is 0 Å². The molecule has 3 heteroatoms. The highest BCUT2D eigenvalue weighted by atomic mass is 16.2. The summed E-state index contributed by atoms with van der Waals surface area (Å²) < 4.78 is 0. The molecule has 0 unspecified atom stereocenters. The van der Waals surface area contributed by atoms with E-state index in [2.05, 4.69) is 4.90 Å². The van der Waals surface area contributed by atoms with Crippen LogP contribution in [0.15, 0.2) is 0 Å². The summed E-state index contributed by atoms with van der Waals surface area (Å²) in [4.78, 5) is 16.3. The monoisotopic (exact) mass is 224 g/mol. The van der Waals surface area contributed by atoms with Crippen molar-refractivity contribution in [2.75, 3.05) is 26.2 Å². The molecule has 92 valence electrons. The quantitative estimate of drug-likeness (QED) is 0.715. The number of carbonyl (C=O) groups excluding carboxylic acids is 1. The van der Waals surface area contributed by atoms with Gasteiger partial charge in [0.1, 0.15) is 0 Å².